The Labute approximate surface area is 174 Å². The predicted octanol–water partition coefficient (Wildman–Crippen LogP) is 3.17. The van der Waals surface area contributed by atoms with Gasteiger partial charge >= 0.3 is 0 Å². The van der Waals surface area contributed by atoms with Gasteiger partial charge in [0.2, 0.25) is 5.91 Å². The number of carbonyl (C=O) groups is 2. The number of halogens is 1. The molecule has 1 saturated heterocycles. The summed E-state index contributed by atoms with van der Waals surface area (Å²) in [7, 11) is 3.14. The average Bonchev–Trinajstić information content (AvgIpc) is 3.20. The van der Waals surface area contributed by atoms with Gasteiger partial charge in [0.15, 0.2) is 11.5 Å². The van der Waals surface area contributed by atoms with Gasteiger partial charge < -0.3 is 19.3 Å². The summed E-state index contributed by atoms with van der Waals surface area (Å²) in [5, 5.41) is 0. The Hall–Kier alpha value is -1.51. The van der Waals surface area contributed by atoms with Crippen LogP contribution in [0.25, 0.3) is 0 Å². The highest BCUT2D eigenvalue weighted by Gasteiger charge is 2.28. The molecule has 2 amide bonds. The second-order valence-corrected chi connectivity index (χ2v) is 8.38. The minimum Gasteiger partial charge on any atom is -0.493 e. The summed E-state index contributed by atoms with van der Waals surface area (Å²) in [6, 6.07) is 3.55. The number of amides is 2. The van der Waals surface area contributed by atoms with Crippen LogP contribution >= 0.6 is 22.6 Å². The molecule has 2 aliphatic rings. The van der Waals surface area contributed by atoms with E-state index in [1.807, 2.05) is 15.9 Å². The third kappa shape index (κ3) is 4.67. The van der Waals surface area contributed by atoms with Gasteiger partial charge in [0.05, 0.1) is 19.8 Å². The summed E-state index contributed by atoms with van der Waals surface area (Å²) in [5.41, 5.74) is 0.610. The standard InChI is InChI=1S/C20H27IN2O4/c1-26-17-12-15(16(21)13-18(17)27-2)20(25)23-9-7-22(8-10-23)19(24)11-14-5-3-4-6-14/h12-14H,3-11H2,1-2H3. The van der Waals surface area contributed by atoms with Gasteiger partial charge in [0.1, 0.15) is 0 Å². The van der Waals surface area contributed by atoms with E-state index in [4.69, 9.17) is 9.47 Å². The van der Waals surface area contributed by atoms with E-state index < -0.39 is 0 Å². The second kappa shape index (κ2) is 9.12. The second-order valence-electron chi connectivity index (χ2n) is 7.21. The fraction of sp³-hybridized carbons (Fsp3) is 0.600. The smallest absolute Gasteiger partial charge is 0.255 e. The maximum atomic E-state index is 13.0. The van der Waals surface area contributed by atoms with Crippen LogP contribution in [-0.4, -0.2) is 62.0 Å². The SMILES string of the molecule is COc1cc(I)c(C(=O)N2CCN(C(=O)CC3CCCC3)CC2)cc1OC. The molecule has 0 spiro atoms. The zero-order valence-corrected chi connectivity index (χ0v) is 18.2. The Bertz CT molecular complexity index is 695. The number of rotatable bonds is 5. The van der Waals surface area contributed by atoms with Gasteiger partial charge in [0, 0.05) is 36.2 Å². The molecule has 0 aromatic heterocycles. The van der Waals surface area contributed by atoms with Crippen LogP contribution in [0.5, 0.6) is 11.5 Å². The molecule has 2 fully saturated rings. The molecule has 27 heavy (non-hydrogen) atoms. The lowest BCUT2D eigenvalue weighted by Crippen LogP contribution is -2.50. The number of benzene rings is 1. The molecule has 1 heterocycles. The normalized spacial score (nSPS) is 17.9. The highest BCUT2D eigenvalue weighted by atomic mass is 127. The maximum Gasteiger partial charge on any atom is 0.255 e. The lowest BCUT2D eigenvalue weighted by atomic mass is 10.0. The van der Waals surface area contributed by atoms with Crippen LogP contribution in [0.1, 0.15) is 42.5 Å². The van der Waals surface area contributed by atoms with E-state index in [1.165, 1.54) is 25.7 Å². The molecule has 0 unspecified atom stereocenters. The first-order valence-electron chi connectivity index (χ1n) is 9.52. The van der Waals surface area contributed by atoms with Crippen molar-refractivity contribution in [2.75, 3.05) is 40.4 Å². The molecule has 0 N–H and O–H groups in total. The topological polar surface area (TPSA) is 59.1 Å². The number of nitrogens with zero attached hydrogens (tertiary/aromatic N) is 2. The van der Waals surface area contributed by atoms with E-state index in [2.05, 4.69) is 22.6 Å². The van der Waals surface area contributed by atoms with Crippen molar-refractivity contribution in [1.82, 2.24) is 9.80 Å². The Kier molecular flexibility index (Phi) is 6.83. The van der Waals surface area contributed by atoms with Crippen LogP contribution in [0.3, 0.4) is 0 Å². The molecule has 6 nitrogen and oxygen atoms in total. The molecular formula is C20H27IN2O4. The van der Waals surface area contributed by atoms with Gasteiger partial charge in [-0.2, -0.15) is 0 Å². The Balaban J connectivity index is 1.60. The summed E-state index contributed by atoms with van der Waals surface area (Å²) in [6.07, 6.45) is 5.54. The van der Waals surface area contributed by atoms with Crippen molar-refractivity contribution in [3.05, 3.63) is 21.3 Å². The van der Waals surface area contributed by atoms with Crippen LogP contribution in [-0.2, 0) is 4.79 Å². The largest absolute Gasteiger partial charge is 0.493 e. The molecule has 148 valence electrons. The van der Waals surface area contributed by atoms with Gasteiger partial charge in [-0.25, -0.2) is 0 Å². The van der Waals surface area contributed by atoms with Crippen molar-refractivity contribution in [1.29, 1.82) is 0 Å². The van der Waals surface area contributed by atoms with Crippen molar-refractivity contribution in [3.8, 4) is 11.5 Å². The van der Waals surface area contributed by atoms with Gasteiger partial charge in [-0.3, -0.25) is 9.59 Å². The van der Waals surface area contributed by atoms with Crippen molar-refractivity contribution < 1.29 is 19.1 Å². The van der Waals surface area contributed by atoms with Gasteiger partial charge in [-0.05, 0) is 53.5 Å². The third-order valence-electron chi connectivity index (χ3n) is 5.56. The summed E-state index contributed by atoms with van der Waals surface area (Å²) in [4.78, 5) is 29.2. The van der Waals surface area contributed by atoms with E-state index in [0.29, 0.717) is 55.6 Å². The monoisotopic (exact) mass is 486 g/mol. The summed E-state index contributed by atoms with van der Waals surface area (Å²) in [5.74, 6) is 1.94. The Morgan fingerprint density at radius 3 is 2.15 bits per heavy atom. The van der Waals surface area contributed by atoms with E-state index in [9.17, 15) is 9.59 Å². The molecule has 3 rings (SSSR count). The zero-order chi connectivity index (χ0) is 19.4. The first-order chi connectivity index (χ1) is 13.0. The Morgan fingerprint density at radius 1 is 1.00 bits per heavy atom. The van der Waals surface area contributed by atoms with Crippen LogP contribution in [0.15, 0.2) is 12.1 Å². The minimum absolute atomic E-state index is 0.0248. The first-order valence-corrected chi connectivity index (χ1v) is 10.6. The average molecular weight is 486 g/mol. The van der Waals surface area contributed by atoms with Crippen LogP contribution in [0.4, 0.5) is 0 Å². The molecule has 7 heteroatoms. The fourth-order valence-corrected chi connectivity index (χ4v) is 4.61. The first kappa shape index (κ1) is 20.2. The van der Waals surface area contributed by atoms with E-state index >= 15 is 0 Å². The molecule has 1 aromatic carbocycles. The van der Waals surface area contributed by atoms with Crippen molar-refractivity contribution in [2.24, 2.45) is 5.92 Å². The highest BCUT2D eigenvalue weighted by Crippen LogP contribution is 2.32. The minimum atomic E-state index is -0.0248. The van der Waals surface area contributed by atoms with Crippen molar-refractivity contribution in [3.63, 3.8) is 0 Å². The fourth-order valence-electron chi connectivity index (χ4n) is 3.94. The van der Waals surface area contributed by atoms with E-state index in [-0.39, 0.29) is 11.8 Å². The van der Waals surface area contributed by atoms with Gasteiger partial charge in [-0.15, -0.1) is 0 Å². The Morgan fingerprint density at radius 2 is 1.56 bits per heavy atom. The molecule has 0 radical (unpaired) electrons. The van der Waals surface area contributed by atoms with Crippen molar-refractivity contribution in [2.45, 2.75) is 32.1 Å². The third-order valence-corrected chi connectivity index (χ3v) is 6.45. The molecule has 1 aliphatic carbocycles. The quantitative estimate of drug-likeness (QED) is 0.601. The molecule has 1 aromatic rings. The van der Waals surface area contributed by atoms with Gasteiger partial charge in [0.25, 0.3) is 5.91 Å². The maximum absolute atomic E-state index is 13.0. The summed E-state index contributed by atoms with van der Waals surface area (Å²) >= 11 is 2.15. The zero-order valence-electron chi connectivity index (χ0n) is 16.0. The van der Waals surface area contributed by atoms with E-state index in [0.717, 1.165) is 3.57 Å². The molecule has 1 aliphatic heterocycles. The number of methoxy groups -OCH3 is 2. The molecular weight excluding hydrogens is 459 g/mol. The molecule has 1 saturated carbocycles. The van der Waals surface area contributed by atoms with Crippen LogP contribution in [0, 0.1) is 9.49 Å². The lowest BCUT2D eigenvalue weighted by Gasteiger charge is -2.35. The summed E-state index contributed by atoms with van der Waals surface area (Å²) < 4.78 is 11.5. The lowest BCUT2D eigenvalue weighted by molar-refractivity contribution is -0.133. The predicted molar refractivity (Wildman–Crippen MR) is 111 cm³/mol. The van der Waals surface area contributed by atoms with Crippen LogP contribution < -0.4 is 9.47 Å². The number of carbonyl (C=O) groups excluding carboxylic acids is 2. The highest BCUT2D eigenvalue weighted by molar-refractivity contribution is 14.1. The van der Waals surface area contributed by atoms with E-state index in [1.54, 1.807) is 20.3 Å². The molecule has 0 atom stereocenters. The van der Waals surface area contributed by atoms with Crippen molar-refractivity contribution >= 4 is 34.4 Å². The number of ether oxygens (including phenoxy) is 2. The summed E-state index contributed by atoms with van der Waals surface area (Å²) in [6.45, 7) is 2.36. The van der Waals surface area contributed by atoms with Crippen LogP contribution in [0.2, 0.25) is 0 Å². The molecule has 0 bridgehead atoms. The number of hydrogen-bond acceptors (Lipinski definition) is 4. The number of hydrogen-bond donors (Lipinski definition) is 0. The number of piperazine rings is 1. The van der Waals surface area contributed by atoms with Gasteiger partial charge in [-0.1, -0.05) is 12.8 Å².